The normalized spacial score (nSPS) is 15.4. The molecular formula is C36H48O16. The first kappa shape index (κ1) is 46.5. The van der Waals surface area contributed by atoms with E-state index in [1.54, 1.807) is 0 Å². The van der Waals surface area contributed by atoms with Crippen molar-refractivity contribution < 1.29 is 77.7 Å². The minimum Gasteiger partial charge on any atom is -0.481 e. The monoisotopic (exact) mass is 736 g/mol. The summed E-state index contributed by atoms with van der Waals surface area (Å²) in [5.74, 6) is -13.6. The second kappa shape index (κ2) is 20.3. The summed E-state index contributed by atoms with van der Waals surface area (Å²) in [5.41, 5.74) is -6.78. The fourth-order valence-electron chi connectivity index (χ4n) is 4.48. The van der Waals surface area contributed by atoms with E-state index < -0.39 is 95.8 Å². The summed E-state index contributed by atoms with van der Waals surface area (Å²) in [6.45, 7) is 17.5. The van der Waals surface area contributed by atoms with Gasteiger partial charge in [-0.3, -0.25) is 19.2 Å². The second-order valence-electron chi connectivity index (χ2n) is 12.9. The Morgan fingerprint density at radius 1 is 0.538 bits per heavy atom. The van der Waals surface area contributed by atoms with E-state index in [1.807, 2.05) is 39.8 Å². The Bertz CT molecular complexity index is 1380. The van der Waals surface area contributed by atoms with Crippen molar-refractivity contribution in [2.45, 2.75) is 115 Å². The molecule has 4 N–H and O–H groups in total. The number of allylic oxidation sites excluding steroid dienone is 4. The van der Waals surface area contributed by atoms with E-state index in [2.05, 4.69) is 13.2 Å². The Kier molecular flexibility index (Phi) is 18.2. The van der Waals surface area contributed by atoms with E-state index in [-0.39, 0.29) is 25.0 Å². The van der Waals surface area contributed by atoms with Crippen LogP contribution in [-0.4, -0.2) is 90.6 Å². The van der Waals surface area contributed by atoms with Gasteiger partial charge in [0.05, 0.1) is 25.7 Å². The summed E-state index contributed by atoms with van der Waals surface area (Å²) in [5, 5.41) is 38.6. The molecule has 0 aromatic rings. The summed E-state index contributed by atoms with van der Waals surface area (Å²) in [6.07, 6.45) is 2.62. The molecule has 0 spiro atoms. The Morgan fingerprint density at radius 3 is 1.08 bits per heavy atom. The van der Waals surface area contributed by atoms with E-state index in [0.29, 0.717) is 12.8 Å². The van der Waals surface area contributed by atoms with Crippen molar-refractivity contribution in [2.75, 3.05) is 0 Å². The van der Waals surface area contributed by atoms with Crippen LogP contribution in [0.15, 0.2) is 60.8 Å². The van der Waals surface area contributed by atoms with Gasteiger partial charge in [0, 0.05) is 12.2 Å². The third-order valence-corrected chi connectivity index (χ3v) is 7.40. The lowest BCUT2D eigenvalue weighted by Gasteiger charge is -2.30. The summed E-state index contributed by atoms with van der Waals surface area (Å²) in [6, 6.07) is 0. The lowest BCUT2D eigenvalue weighted by molar-refractivity contribution is -0.187. The number of carboxylic acid groups (broad SMARTS) is 4. The van der Waals surface area contributed by atoms with Crippen LogP contribution in [0.3, 0.4) is 0 Å². The standard InChI is InChI=1S/C36H48O16/c1-9-33(7,17-11-13-23(3)4)49-29(43)21-35(31(45)46,19-25(37)38)51-27(41)15-16-28(42)52-36(32(47)48,20-26(39)40)22-30(44)50-34(8,10-2)18-12-14-24(5)6/h9-10,13-16H,1-2,11-12,17-22H2,3-8H3,(H,37,38)(H,39,40)(H,45,46)(H,47,48)/b16-15-. The third-order valence-electron chi connectivity index (χ3n) is 7.40. The zero-order valence-corrected chi connectivity index (χ0v) is 30.2. The maximum atomic E-state index is 12.9. The topological polar surface area (TPSA) is 254 Å². The summed E-state index contributed by atoms with van der Waals surface area (Å²) >= 11 is 0. The molecule has 0 bridgehead atoms. The fraction of sp³-hybridized carbons (Fsp3) is 0.500. The van der Waals surface area contributed by atoms with E-state index >= 15 is 0 Å². The molecule has 0 aromatic heterocycles. The first-order chi connectivity index (χ1) is 23.9. The Labute approximate surface area is 301 Å². The molecule has 0 rings (SSSR count). The van der Waals surface area contributed by atoms with Crippen molar-refractivity contribution in [3.05, 3.63) is 60.8 Å². The average molecular weight is 737 g/mol. The first-order valence-electron chi connectivity index (χ1n) is 15.9. The molecule has 0 aliphatic carbocycles. The number of esters is 4. The number of rotatable bonds is 24. The molecular weight excluding hydrogens is 688 g/mol. The van der Waals surface area contributed by atoms with Crippen molar-refractivity contribution >= 4 is 47.8 Å². The lowest BCUT2D eigenvalue weighted by Crippen LogP contribution is -2.48. The molecule has 4 unspecified atom stereocenters. The number of aliphatic carboxylic acids is 4. The summed E-state index contributed by atoms with van der Waals surface area (Å²) in [7, 11) is 0. The maximum absolute atomic E-state index is 12.9. The van der Waals surface area contributed by atoms with Crippen molar-refractivity contribution in [1.29, 1.82) is 0 Å². The predicted molar refractivity (Wildman–Crippen MR) is 183 cm³/mol. The zero-order chi connectivity index (χ0) is 40.5. The van der Waals surface area contributed by atoms with Crippen LogP contribution < -0.4 is 0 Å². The molecule has 52 heavy (non-hydrogen) atoms. The van der Waals surface area contributed by atoms with Gasteiger partial charge in [0.2, 0.25) is 11.2 Å². The van der Waals surface area contributed by atoms with Crippen LogP contribution >= 0.6 is 0 Å². The quantitative estimate of drug-likeness (QED) is 0.0461. The van der Waals surface area contributed by atoms with E-state index in [4.69, 9.17) is 18.9 Å². The lowest BCUT2D eigenvalue weighted by atomic mass is 9.94. The number of carbonyl (C=O) groups excluding carboxylic acids is 4. The highest BCUT2D eigenvalue weighted by molar-refractivity contribution is 5.97. The molecule has 0 saturated heterocycles. The maximum Gasteiger partial charge on any atom is 0.349 e. The Balaban J connectivity index is 6.23. The van der Waals surface area contributed by atoms with Gasteiger partial charge in [-0.15, -0.1) is 0 Å². The Hall–Kier alpha value is -5.54. The van der Waals surface area contributed by atoms with Crippen LogP contribution in [0, 0.1) is 0 Å². The van der Waals surface area contributed by atoms with Crippen molar-refractivity contribution in [3.8, 4) is 0 Å². The molecule has 0 radical (unpaired) electrons. The highest BCUT2D eigenvalue weighted by Crippen LogP contribution is 2.29. The van der Waals surface area contributed by atoms with Crippen LogP contribution in [-0.2, 0) is 57.3 Å². The third kappa shape index (κ3) is 16.4. The fourth-order valence-corrected chi connectivity index (χ4v) is 4.48. The van der Waals surface area contributed by atoms with Crippen LogP contribution in [0.2, 0.25) is 0 Å². The molecule has 288 valence electrons. The van der Waals surface area contributed by atoms with E-state index in [9.17, 15) is 58.8 Å². The van der Waals surface area contributed by atoms with Gasteiger partial charge in [0.1, 0.15) is 11.2 Å². The average Bonchev–Trinajstić information content (AvgIpc) is 2.98. The van der Waals surface area contributed by atoms with Crippen molar-refractivity contribution in [2.24, 2.45) is 0 Å². The van der Waals surface area contributed by atoms with Crippen LogP contribution in [0.4, 0.5) is 0 Å². The highest BCUT2D eigenvalue weighted by atomic mass is 16.6. The van der Waals surface area contributed by atoms with Crippen LogP contribution in [0.5, 0.6) is 0 Å². The van der Waals surface area contributed by atoms with Gasteiger partial charge in [-0.05, 0) is 79.4 Å². The van der Waals surface area contributed by atoms with Gasteiger partial charge in [0.15, 0.2) is 0 Å². The second-order valence-corrected chi connectivity index (χ2v) is 12.9. The molecule has 0 aliphatic heterocycles. The van der Waals surface area contributed by atoms with Gasteiger partial charge >= 0.3 is 47.8 Å². The first-order valence-corrected chi connectivity index (χ1v) is 15.9. The molecule has 0 aliphatic rings. The van der Waals surface area contributed by atoms with Gasteiger partial charge in [0.25, 0.3) is 0 Å². The minimum atomic E-state index is -3.04. The molecule has 4 atom stereocenters. The summed E-state index contributed by atoms with van der Waals surface area (Å²) in [4.78, 5) is 98.9. The molecule has 0 aromatic carbocycles. The highest BCUT2D eigenvalue weighted by Gasteiger charge is 2.49. The van der Waals surface area contributed by atoms with Gasteiger partial charge < -0.3 is 39.4 Å². The molecule has 0 saturated carbocycles. The van der Waals surface area contributed by atoms with E-state index in [0.717, 1.165) is 11.1 Å². The van der Waals surface area contributed by atoms with Crippen LogP contribution in [0.1, 0.15) is 92.9 Å². The number of carbonyl (C=O) groups is 8. The predicted octanol–water partition coefficient (Wildman–Crippen LogP) is 4.47. The number of hydrogen-bond donors (Lipinski definition) is 4. The number of hydrogen-bond acceptors (Lipinski definition) is 12. The SMILES string of the molecule is C=CC(C)(CCC=C(C)C)OC(=O)CC(CC(=O)O)(OC(=O)/C=C\C(=O)OC(CC(=O)O)(CC(=O)OC(C)(C=C)CCC=C(C)C)C(=O)O)C(=O)O. The number of ether oxygens (including phenoxy) is 4. The molecule has 0 heterocycles. The molecule has 0 fully saturated rings. The van der Waals surface area contributed by atoms with Crippen molar-refractivity contribution in [3.63, 3.8) is 0 Å². The molecule has 0 amide bonds. The van der Waals surface area contributed by atoms with E-state index in [1.165, 1.54) is 26.0 Å². The Morgan fingerprint density at radius 2 is 0.846 bits per heavy atom. The molecule has 16 nitrogen and oxygen atoms in total. The van der Waals surface area contributed by atoms with Gasteiger partial charge in [-0.25, -0.2) is 19.2 Å². The zero-order valence-electron chi connectivity index (χ0n) is 30.2. The van der Waals surface area contributed by atoms with Crippen LogP contribution in [0.25, 0.3) is 0 Å². The van der Waals surface area contributed by atoms with Gasteiger partial charge in [-0.1, -0.05) is 36.5 Å². The molecule has 16 heteroatoms. The largest absolute Gasteiger partial charge is 0.481 e. The smallest absolute Gasteiger partial charge is 0.349 e. The minimum absolute atomic E-state index is 0.221. The number of carboxylic acids is 4. The van der Waals surface area contributed by atoms with Crippen molar-refractivity contribution in [1.82, 2.24) is 0 Å². The summed E-state index contributed by atoms with van der Waals surface area (Å²) < 4.78 is 20.5. The van der Waals surface area contributed by atoms with Gasteiger partial charge in [-0.2, -0.15) is 0 Å².